The number of rotatable bonds is 8. The van der Waals surface area contributed by atoms with Crippen molar-refractivity contribution in [3.8, 4) is 0 Å². The fraction of sp³-hybridized carbons (Fsp3) is 0.625. The summed E-state index contributed by atoms with van der Waals surface area (Å²) in [4.78, 5) is 0. The van der Waals surface area contributed by atoms with E-state index in [-0.39, 0.29) is 6.04 Å². The summed E-state index contributed by atoms with van der Waals surface area (Å²) in [5, 5.41) is 12.8. The van der Waals surface area contributed by atoms with Crippen LogP contribution in [0.4, 0.5) is 0 Å². The number of aromatic nitrogens is 4. The normalized spacial score (nSPS) is 12.8. The molecule has 2 rings (SSSR count). The van der Waals surface area contributed by atoms with Crippen molar-refractivity contribution in [1.82, 2.24) is 24.9 Å². The predicted octanol–water partition coefficient (Wildman–Crippen LogP) is 2.77. The minimum absolute atomic E-state index is 0.153. The third-order valence-corrected chi connectivity index (χ3v) is 3.76. The Morgan fingerprint density at radius 2 is 1.86 bits per heavy atom. The van der Waals surface area contributed by atoms with Gasteiger partial charge in [-0.05, 0) is 45.4 Å². The summed E-state index contributed by atoms with van der Waals surface area (Å²) < 4.78 is 4.17. The van der Waals surface area contributed by atoms with Gasteiger partial charge in [-0.25, -0.2) is 0 Å². The molecule has 1 N–H and O–H groups in total. The van der Waals surface area contributed by atoms with Crippen LogP contribution >= 0.6 is 0 Å². The van der Waals surface area contributed by atoms with Crippen molar-refractivity contribution in [1.29, 1.82) is 0 Å². The van der Waals surface area contributed by atoms with Crippen molar-refractivity contribution in [3.05, 3.63) is 35.4 Å². The second-order valence-corrected chi connectivity index (χ2v) is 5.19. The molecule has 5 heteroatoms. The van der Waals surface area contributed by atoms with Gasteiger partial charge in [0.2, 0.25) is 0 Å². The van der Waals surface area contributed by atoms with Crippen LogP contribution in [0.25, 0.3) is 0 Å². The molecule has 0 spiro atoms. The van der Waals surface area contributed by atoms with Crippen LogP contribution in [-0.4, -0.2) is 26.1 Å². The lowest BCUT2D eigenvalue weighted by atomic mass is 10.1. The van der Waals surface area contributed by atoms with Crippen LogP contribution in [0.2, 0.25) is 0 Å². The minimum atomic E-state index is 0.153. The predicted molar refractivity (Wildman–Crippen MR) is 85.3 cm³/mol. The summed E-state index contributed by atoms with van der Waals surface area (Å²) in [6, 6.07) is 4.49. The molecule has 5 nitrogen and oxygen atoms in total. The van der Waals surface area contributed by atoms with Gasteiger partial charge in [0.1, 0.15) is 0 Å². The third-order valence-electron chi connectivity index (χ3n) is 3.76. The molecular formula is C16H27N5. The number of hydrogen-bond acceptors (Lipinski definition) is 3. The van der Waals surface area contributed by atoms with Crippen molar-refractivity contribution in [2.24, 2.45) is 0 Å². The molecule has 0 radical (unpaired) electrons. The van der Waals surface area contributed by atoms with Gasteiger partial charge in [0, 0.05) is 19.3 Å². The topological polar surface area (TPSA) is 47.7 Å². The maximum Gasteiger partial charge on any atom is 0.0918 e. The quantitative estimate of drug-likeness (QED) is 0.813. The Labute approximate surface area is 127 Å². The first-order valence-electron chi connectivity index (χ1n) is 8.06. The fourth-order valence-corrected chi connectivity index (χ4v) is 2.65. The summed E-state index contributed by atoms with van der Waals surface area (Å²) in [5.74, 6) is 0. The van der Waals surface area contributed by atoms with Crippen molar-refractivity contribution in [2.75, 3.05) is 6.54 Å². The second kappa shape index (κ2) is 7.41. The highest BCUT2D eigenvalue weighted by Crippen LogP contribution is 2.23. The van der Waals surface area contributed by atoms with E-state index in [0.29, 0.717) is 0 Å². The van der Waals surface area contributed by atoms with Crippen molar-refractivity contribution >= 4 is 0 Å². The molecule has 116 valence electrons. The van der Waals surface area contributed by atoms with Crippen LogP contribution in [0, 0.1) is 0 Å². The van der Waals surface area contributed by atoms with E-state index < -0.39 is 0 Å². The van der Waals surface area contributed by atoms with Gasteiger partial charge in [0.05, 0.1) is 23.1 Å². The first-order valence-corrected chi connectivity index (χ1v) is 8.06. The molecule has 2 aromatic heterocycles. The van der Waals surface area contributed by atoms with Crippen LogP contribution in [-0.2, 0) is 19.5 Å². The van der Waals surface area contributed by atoms with E-state index in [1.165, 1.54) is 11.4 Å². The molecule has 0 saturated carbocycles. The van der Waals surface area contributed by atoms with Crippen molar-refractivity contribution in [3.63, 3.8) is 0 Å². The zero-order chi connectivity index (χ0) is 15.2. The van der Waals surface area contributed by atoms with Crippen LogP contribution in [0.1, 0.15) is 57.2 Å². The average Bonchev–Trinajstić information content (AvgIpc) is 3.14. The Hall–Kier alpha value is -1.62. The Morgan fingerprint density at radius 3 is 2.48 bits per heavy atom. The maximum atomic E-state index is 4.69. The second-order valence-electron chi connectivity index (χ2n) is 5.19. The maximum absolute atomic E-state index is 4.69. The van der Waals surface area contributed by atoms with Gasteiger partial charge in [0.15, 0.2) is 0 Å². The lowest BCUT2D eigenvalue weighted by Gasteiger charge is -2.20. The first kappa shape index (κ1) is 15.8. The standard InChI is InChI=1S/C16H27N5/c1-5-10-17-16(14-9-11-18-20(14)7-3)15-12-13(6-2)19-21(15)8-4/h9,11-12,16-17H,5-8,10H2,1-4H3. The van der Waals surface area contributed by atoms with Gasteiger partial charge in [-0.3, -0.25) is 9.36 Å². The van der Waals surface area contributed by atoms with Crippen LogP contribution in [0.3, 0.4) is 0 Å². The minimum Gasteiger partial charge on any atom is -0.304 e. The first-order chi connectivity index (χ1) is 10.2. The largest absolute Gasteiger partial charge is 0.304 e. The Kier molecular flexibility index (Phi) is 5.56. The summed E-state index contributed by atoms with van der Waals surface area (Å²) in [7, 11) is 0. The lowest BCUT2D eigenvalue weighted by Crippen LogP contribution is -2.28. The summed E-state index contributed by atoms with van der Waals surface area (Å²) in [5.41, 5.74) is 3.60. The number of hydrogen-bond donors (Lipinski definition) is 1. The van der Waals surface area contributed by atoms with E-state index >= 15 is 0 Å². The van der Waals surface area contributed by atoms with Crippen molar-refractivity contribution < 1.29 is 0 Å². The number of nitrogens with zero attached hydrogens (tertiary/aromatic N) is 4. The Balaban J connectivity index is 2.42. The molecule has 1 atom stereocenters. The molecule has 0 fully saturated rings. The molecule has 0 amide bonds. The van der Waals surface area contributed by atoms with Crippen LogP contribution in [0.15, 0.2) is 18.3 Å². The average molecular weight is 289 g/mol. The summed E-state index contributed by atoms with van der Waals surface area (Å²) in [6.07, 6.45) is 3.96. The molecule has 1 unspecified atom stereocenters. The zero-order valence-corrected chi connectivity index (χ0v) is 13.6. The molecule has 0 aliphatic heterocycles. The van der Waals surface area contributed by atoms with E-state index in [1.807, 2.05) is 6.20 Å². The Morgan fingerprint density at radius 1 is 1.10 bits per heavy atom. The van der Waals surface area contributed by atoms with E-state index in [9.17, 15) is 0 Å². The number of nitrogens with one attached hydrogen (secondary N) is 1. The van der Waals surface area contributed by atoms with E-state index in [2.05, 4.69) is 64.7 Å². The molecule has 0 aliphatic rings. The van der Waals surface area contributed by atoms with E-state index in [0.717, 1.165) is 38.2 Å². The molecule has 2 heterocycles. The van der Waals surface area contributed by atoms with Gasteiger partial charge in [-0.15, -0.1) is 0 Å². The monoisotopic (exact) mass is 289 g/mol. The van der Waals surface area contributed by atoms with Gasteiger partial charge >= 0.3 is 0 Å². The fourth-order valence-electron chi connectivity index (χ4n) is 2.65. The third kappa shape index (κ3) is 3.35. The van der Waals surface area contributed by atoms with E-state index in [1.54, 1.807) is 0 Å². The molecule has 0 aliphatic carbocycles. The van der Waals surface area contributed by atoms with Gasteiger partial charge in [-0.2, -0.15) is 10.2 Å². The smallest absolute Gasteiger partial charge is 0.0918 e. The van der Waals surface area contributed by atoms with E-state index in [4.69, 9.17) is 0 Å². The molecule has 0 aromatic carbocycles. The molecule has 0 saturated heterocycles. The van der Waals surface area contributed by atoms with Gasteiger partial charge in [-0.1, -0.05) is 13.8 Å². The van der Waals surface area contributed by atoms with Gasteiger partial charge in [0.25, 0.3) is 0 Å². The van der Waals surface area contributed by atoms with Crippen molar-refractivity contribution in [2.45, 2.75) is 59.7 Å². The molecule has 0 bridgehead atoms. The van der Waals surface area contributed by atoms with Crippen LogP contribution < -0.4 is 5.32 Å². The summed E-state index contributed by atoms with van der Waals surface area (Å²) in [6.45, 7) is 11.4. The highest BCUT2D eigenvalue weighted by atomic mass is 15.3. The number of aryl methyl sites for hydroxylation is 3. The summed E-state index contributed by atoms with van der Waals surface area (Å²) >= 11 is 0. The molecule has 2 aromatic rings. The Bertz CT molecular complexity index is 555. The highest BCUT2D eigenvalue weighted by Gasteiger charge is 2.22. The highest BCUT2D eigenvalue weighted by molar-refractivity contribution is 5.24. The molecular weight excluding hydrogens is 262 g/mol. The SMILES string of the molecule is CCCNC(c1ccnn1CC)c1cc(CC)nn1CC. The lowest BCUT2D eigenvalue weighted by molar-refractivity contribution is 0.490. The zero-order valence-electron chi connectivity index (χ0n) is 13.6. The molecule has 21 heavy (non-hydrogen) atoms. The van der Waals surface area contributed by atoms with Crippen LogP contribution in [0.5, 0.6) is 0 Å². The van der Waals surface area contributed by atoms with Gasteiger partial charge < -0.3 is 5.32 Å².